The molecule has 2 atom stereocenters. The van der Waals surface area contributed by atoms with Crippen molar-refractivity contribution in [3.8, 4) is 23.0 Å². The van der Waals surface area contributed by atoms with E-state index in [0.29, 0.717) is 126 Å². The number of pyridine rings is 4. The van der Waals surface area contributed by atoms with E-state index in [2.05, 4.69) is 46.8 Å². The Kier molecular flexibility index (Phi) is 17.7. The number of hydrogen-bond donors (Lipinski definition) is 8. The number of H-pyrrole nitrogens is 4. The van der Waals surface area contributed by atoms with Crippen molar-refractivity contribution in [2.75, 3.05) is 13.1 Å². The highest BCUT2D eigenvalue weighted by molar-refractivity contribution is 6.54. The molecular weight excluding hydrogens is 1270 g/mol. The summed E-state index contributed by atoms with van der Waals surface area (Å²) in [6, 6.07) is 7.96. The van der Waals surface area contributed by atoms with Crippen LogP contribution in [0, 0.1) is 65.1 Å². The predicted octanol–water partition coefficient (Wildman–Crippen LogP) is 11.2. The molecule has 19 rings (SSSR count). The van der Waals surface area contributed by atoms with Gasteiger partial charge in [-0.15, -0.1) is 0 Å². The number of nitrogens with one attached hydrogen (secondary N) is 4. The number of halogens is 1. The number of nitrogens with zero attached hydrogens (tertiary/aromatic N) is 5. The highest BCUT2D eigenvalue weighted by atomic mass is 19.1. The van der Waals surface area contributed by atoms with Crippen molar-refractivity contribution < 1.29 is 62.3 Å². The van der Waals surface area contributed by atoms with E-state index >= 15 is 0 Å². The Bertz CT molecular complexity index is 4640. The maximum absolute atomic E-state index is 13.7. The molecule has 2 unspecified atom stereocenters. The summed E-state index contributed by atoms with van der Waals surface area (Å²) in [4.78, 5) is 80.1. The van der Waals surface area contributed by atoms with E-state index in [1.165, 1.54) is 6.92 Å². The Balaban J connectivity index is 0.000000104. The van der Waals surface area contributed by atoms with Crippen LogP contribution >= 0.6 is 0 Å². The van der Waals surface area contributed by atoms with E-state index in [1.54, 1.807) is 30.8 Å². The number of aromatic nitrogens is 8. The lowest BCUT2D eigenvalue weighted by Crippen LogP contribution is -2.49. The smallest absolute Gasteiger partial charge is 0.531 e. The number of likely N-dealkylation sites (tertiary alicyclic amines) is 1. The van der Waals surface area contributed by atoms with Crippen LogP contribution in [-0.2, 0) is 19.2 Å². The van der Waals surface area contributed by atoms with Crippen LogP contribution in [0.3, 0.4) is 0 Å². The second-order valence-corrected chi connectivity index (χ2v) is 30.4. The lowest BCUT2D eigenvalue weighted by Gasteiger charge is -2.42. The predicted molar refractivity (Wildman–Crippen MR) is 380 cm³/mol. The van der Waals surface area contributed by atoms with Crippen molar-refractivity contribution in [1.29, 1.82) is 0 Å². The molecule has 21 nitrogen and oxygen atoms in total. The SMILES string of the molecule is CC1(F)CC1C(=O)CC1CC(C2=CB(O)Oc3cnc4[nH]ccc4c32)C1.CC1CN(C(=O)CC2CC(C3=CB(O)Oc4cnc5[nH]ccc5c43)C2)C1.CCCC(=O)CC1CC(C2=CB(O)Oc3cnc4[nH]ccc4c32)C1.O=C(CC1CC(C2=CB(O)Oc3cnc4[nH]ccc4c32)C1)C1CC1. The first-order valence-corrected chi connectivity index (χ1v) is 36.0. The number of fused-ring (bicyclic) bond motifs is 12. The first-order valence-electron chi connectivity index (χ1n) is 36.0. The van der Waals surface area contributed by atoms with Gasteiger partial charge in [-0.1, -0.05) is 13.8 Å². The molecule has 1 saturated heterocycles. The largest absolute Gasteiger partial charge is 0.552 e. The van der Waals surface area contributed by atoms with Gasteiger partial charge in [0.1, 0.15) is 68.6 Å². The third-order valence-corrected chi connectivity index (χ3v) is 22.8. The number of carbonyl (C=O) groups excluding carboxylic acids is 4. The average molecular weight is 1350 g/mol. The van der Waals surface area contributed by atoms with Gasteiger partial charge >= 0.3 is 28.5 Å². The second kappa shape index (κ2) is 26.7. The summed E-state index contributed by atoms with van der Waals surface area (Å²) >= 11 is 0. The van der Waals surface area contributed by atoms with E-state index in [0.717, 1.165) is 179 Å². The molecule has 13 heterocycles. The lowest BCUT2D eigenvalue weighted by atomic mass is 9.64. The summed E-state index contributed by atoms with van der Waals surface area (Å²) in [6.45, 7) is 7.56. The van der Waals surface area contributed by atoms with Crippen molar-refractivity contribution in [3.05, 3.63) is 120 Å². The average Bonchev–Trinajstić information content (AvgIpc) is 0.952. The first-order chi connectivity index (χ1) is 48.3. The van der Waals surface area contributed by atoms with Gasteiger partial charge in [0.15, 0.2) is 0 Å². The van der Waals surface area contributed by atoms with Crippen LogP contribution in [-0.4, -0.2) is 135 Å². The zero-order valence-electron chi connectivity index (χ0n) is 56.5. The summed E-state index contributed by atoms with van der Waals surface area (Å²) < 4.78 is 35.8. The molecule has 1 amide bonds. The molecule has 8 aromatic heterocycles. The minimum Gasteiger partial charge on any atom is -0.531 e. The lowest BCUT2D eigenvalue weighted by molar-refractivity contribution is -0.139. The fraction of sp³-hybridized carbons (Fsp3) is 0.459. The number of aromatic amines is 4. The van der Waals surface area contributed by atoms with Gasteiger partial charge in [-0.25, -0.2) is 24.3 Å². The van der Waals surface area contributed by atoms with Crippen LogP contribution in [0.25, 0.3) is 66.4 Å². The van der Waals surface area contributed by atoms with Crippen LogP contribution in [0.15, 0.2) is 97.7 Å². The second-order valence-electron chi connectivity index (χ2n) is 30.4. The molecule has 5 aliphatic heterocycles. The number of Topliss-reactive ketones (excluding diaryl/α,β-unsaturated/α-hetero) is 3. The van der Waals surface area contributed by atoms with Gasteiger partial charge in [-0.05, 0) is 208 Å². The van der Waals surface area contributed by atoms with Gasteiger partial charge in [0.2, 0.25) is 5.91 Å². The van der Waals surface area contributed by atoms with E-state index < -0.39 is 40.1 Å². The molecule has 0 bridgehead atoms. The van der Waals surface area contributed by atoms with Gasteiger partial charge in [-0.2, -0.15) is 0 Å². The minimum absolute atomic E-state index is 0.0667. The number of hydrogen-bond acceptors (Lipinski definition) is 16. The van der Waals surface area contributed by atoms with Crippen molar-refractivity contribution in [2.45, 2.75) is 136 Å². The molecule has 7 fully saturated rings. The molecule has 11 aliphatic rings. The Labute approximate surface area is 579 Å². The minimum atomic E-state index is -1.28. The fourth-order valence-corrected chi connectivity index (χ4v) is 17.2. The van der Waals surface area contributed by atoms with Crippen LogP contribution in [0.4, 0.5) is 4.39 Å². The van der Waals surface area contributed by atoms with Crippen LogP contribution in [0.2, 0.25) is 0 Å². The zero-order chi connectivity index (χ0) is 68.8. The van der Waals surface area contributed by atoms with Gasteiger partial charge in [-0.3, -0.25) is 19.2 Å². The molecule has 514 valence electrons. The van der Waals surface area contributed by atoms with Crippen molar-refractivity contribution >= 4 is 118 Å². The van der Waals surface area contributed by atoms with Crippen LogP contribution in [0.1, 0.15) is 152 Å². The van der Waals surface area contributed by atoms with E-state index in [1.807, 2.05) is 78.8 Å². The van der Waals surface area contributed by atoms with Crippen LogP contribution < -0.4 is 18.6 Å². The van der Waals surface area contributed by atoms with Crippen LogP contribution in [0.5, 0.6) is 23.0 Å². The normalized spacial score (nSPS) is 26.6. The molecule has 100 heavy (non-hydrogen) atoms. The molecule has 8 N–H and O–H groups in total. The molecule has 8 aromatic rings. The third-order valence-electron chi connectivity index (χ3n) is 22.8. The monoisotopic (exact) mass is 1350 g/mol. The van der Waals surface area contributed by atoms with E-state index in [9.17, 15) is 43.7 Å². The standard InChI is InChI=1S/C19H20BFN2O3.C19H22BN3O3.C18H19BN2O3.C18H21BN2O3/c1-19(21)7-14(19)15(24)6-10-4-11(5-10)13-8-20(25)26-16-9-23-18-12(17(13)16)2-3-22-18;1-11-9-23(10-11)17(24)6-12-4-13(5-12)15-7-20(25)26-16-8-22-19-14(18(15)16)2-3-21-19;22-15(11-1-2-11)7-10-5-12(6-10)14-8-19(23)24-16-9-21-18-13(17(14)16)3-4-20-18;1-2-3-13(22)8-11-6-12(7-11)15-9-19(23)24-16-10-21-18-14(17(15)16)4-5-20-18/h2-3,8-11,14,25H,4-7H2,1H3,(H,22,23);2-3,7-8,11-13,25H,4-6,9-10H2,1H3,(H,21,22);3-4,8-12,23H,1-2,5-7H2,(H,20,21);4-5,9-12,23H,2-3,6-8H2,1H3,(H,20,21). The number of alkyl halides is 1. The fourth-order valence-electron chi connectivity index (χ4n) is 17.2. The maximum Gasteiger partial charge on any atom is 0.552 e. The highest BCUT2D eigenvalue weighted by Gasteiger charge is 2.56. The maximum atomic E-state index is 13.7. The number of rotatable bonds is 16. The topological polar surface area (TPSA) is 304 Å². The molecular formula is C74H82B4FN9O12. The first kappa shape index (κ1) is 66.0. The summed E-state index contributed by atoms with van der Waals surface area (Å²) in [6.07, 6.45) is 28.6. The number of ketones is 3. The quantitative estimate of drug-likeness (QED) is 0.0417. The Morgan fingerprint density at radius 3 is 1.15 bits per heavy atom. The molecule has 6 saturated carbocycles. The van der Waals surface area contributed by atoms with Crippen molar-refractivity contribution in [3.63, 3.8) is 0 Å². The zero-order valence-corrected chi connectivity index (χ0v) is 56.5. The Morgan fingerprint density at radius 2 is 0.840 bits per heavy atom. The molecule has 0 radical (unpaired) electrons. The Hall–Kier alpha value is -8.57. The summed E-state index contributed by atoms with van der Waals surface area (Å²) in [5.41, 5.74) is 10.6. The summed E-state index contributed by atoms with van der Waals surface area (Å²) in [7, 11) is -3.75. The molecule has 6 aliphatic carbocycles. The third kappa shape index (κ3) is 13.2. The van der Waals surface area contributed by atoms with E-state index in [4.69, 9.17) is 18.6 Å². The highest BCUT2D eigenvalue weighted by Crippen LogP contribution is 2.55. The number of carbonyl (C=O) groups is 4. The van der Waals surface area contributed by atoms with Gasteiger partial charge < -0.3 is 63.5 Å². The van der Waals surface area contributed by atoms with E-state index in [-0.39, 0.29) is 11.7 Å². The molecule has 26 heteroatoms. The van der Waals surface area contributed by atoms with Gasteiger partial charge in [0.25, 0.3) is 0 Å². The summed E-state index contributed by atoms with van der Waals surface area (Å²) in [5.74, 6) is 14.6. The molecule has 0 spiro atoms. The van der Waals surface area contributed by atoms with Crippen molar-refractivity contribution in [1.82, 2.24) is 44.8 Å². The van der Waals surface area contributed by atoms with Gasteiger partial charge in [0.05, 0.1) is 30.7 Å². The Morgan fingerprint density at radius 1 is 0.520 bits per heavy atom. The summed E-state index contributed by atoms with van der Waals surface area (Å²) in [5, 5.41) is 44.2. The number of allylic oxidation sites excluding steroid dienone is 4. The van der Waals surface area contributed by atoms with Crippen molar-refractivity contribution in [2.24, 2.45) is 65.1 Å². The number of amides is 1. The molecule has 0 aromatic carbocycles. The van der Waals surface area contributed by atoms with Gasteiger partial charge in [0, 0.05) is 120 Å².